The van der Waals surface area contributed by atoms with Crippen LogP contribution in [0.3, 0.4) is 0 Å². The number of hydrogen-bond acceptors (Lipinski definition) is 4. The molecule has 0 unspecified atom stereocenters. The smallest absolute Gasteiger partial charge is 0.262 e. The van der Waals surface area contributed by atoms with E-state index in [0.29, 0.717) is 54.1 Å². The first-order valence-electron chi connectivity index (χ1n) is 9.46. The number of rotatable bonds is 6. The topological polar surface area (TPSA) is 61.9 Å². The van der Waals surface area contributed by atoms with Gasteiger partial charge in [0.2, 0.25) is 5.91 Å². The third kappa shape index (κ3) is 5.78. The zero-order valence-corrected chi connectivity index (χ0v) is 17.7. The first-order valence-corrected chi connectivity index (χ1v) is 10.2. The van der Waals surface area contributed by atoms with Gasteiger partial charge in [0.25, 0.3) is 5.91 Å². The van der Waals surface area contributed by atoms with Gasteiger partial charge in [-0.25, -0.2) is 0 Å². The number of nitrogens with one attached hydrogen (secondary N) is 1. The maximum absolute atomic E-state index is 12.4. The molecule has 0 saturated carbocycles. The highest BCUT2D eigenvalue weighted by molar-refractivity contribution is 6.31. The van der Waals surface area contributed by atoms with Crippen molar-refractivity contribution in [2.24, 2.45) is 0 Å². The van der Waals surface area contributed by atoms with Crippen molar-refractivity contribution < 1.29 is 14.3 Å². The summed E-state index contributed by atoms with van der Waals surface area (Å²) in [5.74, 6) is 0.435. The third-order valence-electron chi connectivity index (χ3n) is 4.69. The summed E-state index contributed by atoms with van der Waals surface area (Å²) in [6, 6.07) is 12.2. The van der Waals surface area contributed by atoms with Gasteiger partial charge in [-0.2, -0.15) is 0 Å². The number of piperazine rings is 1. The Balaban J connectivity index is 1.63. The van der Waals surface area contributed by atoms with Crippen LogP contribution < -0.4 is 15.0 Å². The molecule has 8 heteroatoms. The summed E-state index contributed by atoms with van der Waals surface area (Å²) in [5, 5.41) is 4.01. The van der Waals surface area contributed by atoms with Crippen LogP contribution in [-0.4, -0.2) is 49.5 Å². The van der Waals surface area contributed by atoms with Crippen LogP contribution in [0.2, 0.25) is 10.0 Å². The van der Waals surface area contributed by atoms with Crippen molar-refractivity contribution in [1.29, 1.82) is 0 Å². The molecular formula is C21H23Cl2N3O3. The molecule has 1 saturated heterocycles. The number of ether oxygens (including phenoxy) is 1. The SMILES string of the molecule is CCC(=O)N1CCN(c2ccc(Cl)cc2NC(=O)COc2ccc(Cl)cc2)CC1. The molecule has 0 aromatic heterocycles. The number of carbonyl (C=O) groups excluding carboxylic acids is 2. The summed E-state index contributed by atoms with van der Waals surface area (Å²) in [4.78, 5) is 28.3. The molecular weight excluding hydrogens is 413 g/mol. The number of anilines is 2. The van der Waals surface area contributed by atoms with Crippen molar-refractivity contribution in [2.45, 2.75) is 13.3 Å². The first-order chi connectivity index (χ1) is 14.0. The molecule has 0 bridgehead atoms. The Kier molecular flexibility index (Phi) is 7.23. The zero-order chi connectivity index (χ0) is 20.8. The van der Waals surface area contributed by atoms with E-state index in [-0.39, 0.29) is 18.4 Å². The summed E-state index contributed by atoms with van der Waals surface area (Å²) < 4.78 is 5.50. The molecule has 3 rings (SSSR count). The van der Waals surface area contributed by atoms with Crippen LogP contribution in [0.4, 0.5) is 11.4 Å². The fourth-order valence-electron chi connectivity index (χ4n) is 3.17. The van der Waals surface area contributed by atoms with Crippen LogP contribution in [0, 0.1) is 0 Å². The lowest BCUT2D eigenvalue weighted by atomic mass is 10.2. The lowest BCUT2D eigenvalue weighted by Crippen LogP contribution is -2.48. The maximum atomic E-state index is 12.4. The van der Waals surface area contributed by atoms with Gasteiger partial charge in [0.05, 0.1) is 11.4 Å². The molecule has 2 amide bonds. The predicted molar refractivity (Wildman–Crippen MR) is 116 cm³/mol. The van der Waals surface area contributed by atoms with Crippen molar-refractivity contribution in [3.05, 3.63) is 52.5 Å². The van der Waals surface area contributed by atoms with Gasteiger partial charge in [-0.1, -0.05) is 30.1 Å². The standard InChI is InChI=1S/C21H23Cl2N3O3/c1-2-21(28)26-11-9-25(10-12-26)19-8-5-16(23)13-18(19)24-20(27)14-29-17-6-3-15(22)4-7-17/h3-8,13H,2,9-12,14H2,1H3,(H,24,27). The Morgan fingerprint density at radius 1 is 1.00 bits per heavy atom. The van der Waals surface area contributed by atoms with Crippen molar-refractivity contribution >= 4 is 46.4 Å². The van der Waals surface area contributed by atoms with E-state index in [1.165, 1.54) is 0 Å². The van der Waals surface area contributed by atoms with Gasteiger partial charge >= 0.3 is 0 Å². The highest BCUT2D eigenvalue weighted by Crippen LogP contribution is 2.30. The molecule has 1 N–H and O–H groups in total. The molecule has 2 aromatic carbocycles. The van der Waals surface area contributed by atoms with E-state index >= 15 is 0 Å². The molecule has 0 spiro atoms. The zero-order valence-electron chi connectivity index (χ0n) is 16.2. The minimum Gasteiger partial charge on any atom is -0.484 e. The summed E-state index contributed by atoms with van der Waals surface area (Å²) in [5.41, 5.74) is 1.50. The Bertz CT molecular complexity index is 866. The third-order valence-corrected chi connectivity index (χ3v) is 5.18. The Labute approximate surface area is 180 Å². The number of hydrogen-bond donors (Lipinski definition) is 1. The Hall–Kier alpha value is -2.44. The van der Waals surface area contributed by atoms with E-state index < -0.39 is 0 Å². The van der Waals surface area contributed by atoms with Crippen molar-refractivity contribution in [1.82, 2.24) is 4.90 Å². The summed E-state index contributed by atoms with van der Waals surface area (Å²) >= 11 is 12.0. The molecule has 1 aliphatic rings. The van der Waals surface area contributed by atoms with Crippen LogP contribution >= 0.6 is 23.2 Å². The fraction of sp³-hybridized carbons (Fsp3) is 0.333. The van der Waals surface area contributed by atoms with Crippen molar-refractivity contribution in [2.75, 3.05) is 43.0 Å². The number of halogens is 2. The molecule has 2 aromatic rings. The normalized spacial score (nSPS) is 13.9. The molecule has 6 nitrogen and oxygen atoms in total. The summed E-state index contributed by atoms with van der Waals surface area (Å²) in [7, 11) is 0. The van der Waals surface area contributed by atoms with Gasteiger partial charge < -0.3 is 19.9 Å². The van der Waals surface area contributed by atoms with Gasteiger partial charge in [-0.3, -0.25) is 9.59 Å². The van der Waals surface area contributed by atoms with E-state index in [1.807, 2.05) is 17.9 Å². The Morgan fingerprint density at radius 3 is 2.31 bits per heavy atom. The molecule has 0 aliphatic carbocycles. The van der Waals surface area contributed by atoms with Crippen molar-refractivity contribution in [3.8, 4) is 5.75 Å². The van der Waals surface area contributed by atoms with Crippen LogP contribution in [0.5, 0.6) is 5.75 Å². The van der Waals surface area contributed by atoms with Crippen LogP contribution in [0.15, 0.2) is 42.5 Å². The second-order valence-corrected chi connectivity index (χ2v) is 7.55. The highest BCUT2D eigenvalue weighted by atomic mass is 35.5. The first kappa shape index (κ1) is 21.3. The lowest BCUT2D eigenvalue weighted by Gasteiger charge is -2.37. The highest BCUT2D eigenvalue weighted by Gasteiger charge is 2.22. The quantitative estimate of drug-likeness (QED) is 0.742. The van der Waals surface area contributed by atoms with E-state index in [4.69, 9.17) is 27.9 Å². The molecule has 154 valence electrons. The molecule has 29 heavy (non-hydrogen) atoms. The fourth-order valence-corrected chi connectivity index (χ4v) is 3.47. The minimum absolute atomic E-state index is 0.133. The van der Waals surface area contributed by atoms with Crippen LogP contribution in [0.1, 0.15) is 13.3 Å². The average molecular weight is 436 g/mol. The van der Waals surface area contributed by atoms with Gasteiger partial charge in [0.15, 0.2) is 6.61 Å². The lowest BCUT2D eigenvalue weighted by molar-refractivity contribution is -0.131. The number of amides is 2. The Morgan fingerprint density at radius 2 is 1.66 bits per heavy atom. The molecule has 0 atom stereocenters. The number of carbonyl (C=O) groups is 2. The largest absolute Gasteiger partial charge is 0.484 e. The predicted octanol–water partition coefficient (Wildman–Crippen LogP) is 4.07. The summed E-state index contributed by atoms with van der Waals surface area (Å²) in [6.45, 7) is 4.43. The second-order valence-electron chi connectivity index (χ2n) is 6.67. The molecule has 1 heterocycles. The van der Waals surface area contributed by atoms with Crippen LogP contribution in [0.25, 0.3) is 0 Å². The number of benzene rings is 2. The summed E-state index contributed by atoms with van der Waals surface area (Å²) in [6.07, 6.45) is 0.510. The van der Waals surface area contributed by atoms with Crippen molar-refractivity contribution in [3.63, 3.8) is 0 Å². The van der Waals surface area contributed by atoms with E-state index in [1.54, 1.807) is 36.4 Å². The second kappa shape index (κ2) is 9.85. The number of nitrogens with zero attached hydrogens (tertiary/aromatic N) is 2. The van der Waals surface area contributed by atoms with Crippen LogP contribution in [-0.2, 0) is 9.59 Å². The minimum atomic E-state index is -0.289. The average Bonchev–Trinajstić information content (AvgIpc) is 2.73. The van der Waals surface area contributed by atoms with Gasteiger partial charge in [-0.05, 0) is 42.5 Å². The molecule has 1 fully saturated rings. The van der Waals surface area contributed by atoms with E-state index in [2.05, 4.69) is 10.2 Å². The van der Waals surface area contributed by atoms with Gasteiger partial charge in [0.1, 0.15) is 5.75 Å². The van der Waals surface area contributed by atoms with Gasteiger partial charge in [0, 0.05) is 42.6 Å². The maximum Gasteiger partial charge on any atom is 0.262 e. The van der Waals surface area contributed by atoms with Gasteiger partial charge in [-0.15, -0.1) is 0 Å². The molecule has 0 radical (unpaired) electrons. The molecule has 1 aliphatic heterocycles. The monoisotopic (exact) mass is 435 g/mol. The van der Waals surface area contributed by atoms with E-state index in [9.17, 15) is 9.59 Å². The van der Waals surface area contributed by atoms with E-state index in [0.717, 1.165) is 5.69 Å².